The number of nitrogens with one attached hydrogen (secondary N) is 1. The molecule has 0 saturated heterocycles. The Morgan fingerprint density at radius 1 is 1.32 bits per heavy atom. The van der Waals surface area contributed by atoms with Crippen LogP contribution in [0.1, 0.15) is 41.6 Å². The number of pyridine rings is 1. The topological polar surface area (TPSA) is 76.7 Å². The molecule has 1 aliphatic carbocycles. The van der Waals surface area contributed by atoms with Crippen LogP contribution in [0.25, 0.3) is 0 Å². The van der Waals surface area contributed by atoms with Gasteiger partial charge in [-0.3, -0.25) is 16.3 Å². The average Bonchev–Trinajstić information content (AvgIpc) is 2.49. The SMILES string of the molecule is NNC(c1cncnc1)C1CCCc2cccnc21. The molecule has 2 unspecified atom stereocenters. The van der Waals surface area contributed by atoms with Crippen molar-refractivity contribution in [3.8, 4) is 0 Å². The molecule has 2 aromatic heterocycles. The quantitative estimate of drug-likeness (QED) is 0.642. The predicted octanol–water partition coefficient (Wildman–Crippen LogP) is 1.50. The second-order valence-corrected chi connectivity index (χ2v) is 4.86. The Kier molecular flexibility index (Phi) is 3.48. The van der Waals surface area contributed by atoms with Crippen molar-refractivity contribution in [3.05, 3.63) is 53.9 Å². The van der Waals surface area contributed by atoms with Crippen molar-refractivity contribution in [3.63, 3.8) is 0 Å². The van der Waals surface area contributed by atoms with Gasteiger partial charge in [0, 0.05) is 35.8 Å². The van der Waals surface area contributed by atoms with Crippen LogP contribution >= 0.6 is 0 Å². The number of rotatable bonds is 3. The largest absolute Gasteiger partial charge is 0.271 e. The highest BCUT2D eigenvalue weighted by Crippen LogP contribution is 2.38. The summed E-state index contributed by atoms with van der Waals surface area (Å²) in [5.74, 6) is 6.04. The molecule has 3 rings (SSSR count). The van der Waals surface area contributed by atoms with Crippen molar-refractivity contribution in [1.82, 2.24) is 20.4 Å². The third-order valence-electron chi connectivity index (χ3n) is 3.76. The van der Waals surface area contributed by atoms with Crippen LogP contribution in [0.15, 0.2) is 37.1 Å². The van der Waals surface area contributed by atoms with Gasteiger partial charge in [0.1, 0.15) is 6.33 Å². The molecule has 0 aliphatic heterocycles. The molecule has 0 spiro atoms. The van der Waals surface area contributed by atoms with Crippen molar-refractivity contribution >= 4 is 0 Å². The number of aryl methyl sites for hydroxylation is 1. The first-order valence-electron chi connectivity index (χ1n) is 6.55. The van der Waals surface area contributed by atoms with Gasteiger partial charge in [0.15, 0.2) is 0 Å². The summed E-state index contributed by atoms with van der Waals surface area (Å²) in [6.45, 7) is 0. The zero-order valence-electron chi connectivity index (χ0n) is 10.7. The number of fused-ring (bicyclic) bond motifs is 1. The summed E-state index contributed by atoms with van der Waals surface area (Å²) in [6.07, 6.45) is 10.4. The molecule has 0 radical (unpaired) electrons. The molecular formula is C14H17N5. The van der Waals surface area contributed by atoms with Crippen molar-refractivity contribution in [2.75, 3.05) is 0 Å². The smallest absolute Gasteiger partial charge is 0.115 e. The van der Waals surface area contributed by atoms with E-state index in [1.807, 2.05) is 24.7 Å². The molecule has 2 heterocycles. The van der Waals surface area contributed by atoms with Gasteiger partial charge in [-0.1, -0.05) is 6.07 Å². The summed E-state index contributed by atoms with van der Waals surface area (Å²) in [5.41, 5.74) is 6.40. The summed E-state index contributed by atoms with van der Waals surface area (Å²) >= 11 is 0. The molecule has 5 nitrogen and oxygen atoms in total. The van der Waals surface area contributed by atoms with Crippen molar-refractivity contribution in [2.24, 2.45) is 5.84 Å². The zero-order chi connectivity index (χ0) is 13.1. The van der Waals surface area contributed by atoms with Crippen LogP contribution in [0, 0.1) is 0 Å². The van der Waals surface area contributed by atoms with Gasteiger partial charge < -0.3 is 0 Å². The zero-order valence-corrected chi connectivity index (χ0v) is 10.7. The van der Waals surface area contributed by atoms with Crippen LogP contribution in [0.2, 0.25) is 0 Å². The highest BCUT2D eigenvalue weighted by molar-refractivity contribution is 5.29. The Morgan fingerprint density at radius 2 is 2.16 bits per heavy atom. The lowest BCUT2D eigenvalue weighted by atomic mass is 9.80. The molecule has 0 amide bonds. The van der Waals surface area contributed by atoms with E-state index in [2.05, 4.69) is 26.4 Å². The van der Waals surface area contributed by atoms with Crippen LogP contribution < -0.4 is 11.3 Å². The summed E-state index contributed by atoms with van der Waals surface area (Å²) in [4.78, 5) is 12.7. The van der Waals surface area contributed by atoms with Crippen LogP contribution in [0.5, 0.6) is 0 Å². The summed E-state index contributed by atoms with van der Waals surface area (Å²) in [6, 6.07) is 4.16. The highest BCUT2D eigenvalue weighted by atomic mass is 15.2. The van der Waals surface area contributed by atoms with Gasteiger partial charge >= 0.3 is 0 Å². The first-order valence-corrected chi connectivity index (χ1v) is 6.55. The Labute approximate surface area is 112 Å². The molecule has 98 valence electrons. The van der Waals surface area contributed by atoms with Crippen LogP contribution in [-0.4, -0.2) is 15.0 Å². The van der Waals surface area contributed by atoms with Crippen LogP contribution in [0.3, 0.4) is 0 Å². The minimum atomic E-state index is 0.00940. The maximum Gasteiger partial charge on any atom is 0.115 e. The van der Waals surface area contributed by atoms with Gasteiger partial charge in [0.05, 0.1) is 6.04 Å². The summed E-state index contributed by atoms with van der Waals surface area (Å²) in [5, 5.41) is 0. The van der Waals surface area contributed by atoms with Gasteiger partial charge in [0.2, 0.25) is 0 Å². The maximum absolute atomic E-state index is 5.76. The van der Waals surface area contributed by atoms with E-state index in [-0.39, 0.29) is 12.0 Å². The first-order chi connectivity index (χ1) is 9.40. The Morgan fingerprint density at radius 3 is 2.95 bits per heavy atom. The van der Waals surface area contributed by atoms with E-state index < -0.39 is 0 Å². The lowest BCUT2D eigenvalue weighted by molar-refractivity contribution is 0.398. The molecule has 0 bridgehead atoms. The van der Waals surface area contributed by atoms with E-state index >= 15 is 0 Å². The fourth-order valence-corrected chi connectivity index (χ4v) is 2.89. The minimum absolute atomic E-state index is 0.00940. The number of hydrogen-bond acceptors (Lipinski definition) is 5. The molecular weight excluding hydrogens is 238 g/mol. The third kappa shape index (κ3) is 2.34. The molecule has 0 saturated carbocycles. The van der Waals surface area contributed by atoms with Crippen LogP contribution in [-0.2, 0) is 6.42 Å². The van der Waals surface area contributed by atoms with Gasteiger partial charge in [-0.2, -0.15) is 0 Å². The van der Waals surface area contributed by atoms with E-state index in [0.29, 0.717) is 0 Å². The van der Waals surface area contributed by atoms with Crippen molar-refractivity contribution in [2.45, 2.75) is 31.2 Å². The summed E-state index contributed by atoms with van der Waals surface area (Å²) in [7, 11) is 0. The van der Waals surface area contributed by atoms with Crippen molar-refractivity contribution < 1.29 is 0 Å². The maximum atomic E-state index is 5.76. The fraction of sp³-hybridized carbons (Fsp3) is 0.357. The summed E-state index contributed by atoms with van der Waals surface area (Å²) < 4.78 is 0. The number of aromatic nitrogens is 3. The number of hydrogen-bond donors (Lipinski definition) is 2. The Balaban J connectivity index is 1.97. The van der Waals surface area contributed by atoms with E-state index in [9.17, 15) is 0 Å². The first kappa shape index (κ1) is 12.2. The molecule has 0 aromatic carbocycles. The molecule has 1 aliphatic rings. The molecule has 2 atom stereocenters. The van der Waals surface area contributed by atoms with Gasteiger partial charge in [-0.15, -0.1) is 0 Å². The highest BCUT2D eigenvalue weighted by Gasteiger charge is 2.29. The number of nitrogens with two attached hydrogens (primary N) is 1. The van der Waals surface area contributed by atoms with E-state index in [4.69, 9.17) is 5.84 Å². The second-order valence-electron chi connectivity index (χ2n) is 4.86. The molecule has 2 aromatic rings. The Bertz CT molecular complexity index is 543. The predicted molar refractivity (Wildman–Crippen MR) is 72.0 cm³/mol. The average molecular weight is 255 g/mol. The van der Waals surface area contributed by atoms with Gasteiger partial charge in [0.25, 0.3) is 0 Å². The monoisotopic (exact) mass is 255 g/mol. The lowest BCUT2D eigenvalue weighted by Crippen LogP contribution is -2.34. The third-order valence-corrected chi connectivity index (χ3v) is 3.76. The van der Waals surface area contributed by atoms with Gasteiger partial charge in [-0.25, -0.2) is 9.97 Å². The molecule has 19 heavy (non-hydrogen) atoms. The molecule has 0 fully saturated rings. The molecule has 5 heteroatoms. The van der Waals surface area contributed by atoms with Gasteiger partial charge in [-0.05, 0) is 30.9 Å². The second kappa shape index (κ2) is 5.42. The van der Waals surface area contributed by atoms with E-state index in [1.54, 1.807) is 0 Å². The minimum Gasteiger partial charge on any atom is -0.271 e. The lowest BCUT2D eigenvalue weighted by Gasteiger charge is -2.30. The van der Waals surface area contributed by atoms with E-state index in [1.165, 1.54) is 11.9 Å². The molecule has 3 N–H and O–H groups in total. The number of nitrogens with zero attached hydrogens (tertiary/aromatic N) is 3. The Hall–Kier alpha value is -1.85. The van der Waals surface area contributed by atoms with E-state index in [0.717, 1.165) is 30.5 Å². The normalized spacial score (nSPS) is 19.7. The van der Waals surface area contributed by atoms with Crippen LogP contribution in [0.4, 0.5) is 0 Å². The number of hydrazine groups is 1. The standard InChI is InChI=1S/C14H17N5/c15-19-14(11-7-16-9-17-8-11)12-5-1-3-10-4-2-6-18-13(10)12/h2,4,6-9,12,14,19H,1,3,5,15H2. The van der Waals surface area contributed by atoms with Crippen molar-refractivity contribution in [1.29, 1.82) is 0 Å². The fourth-order valence-electron chi connectivity index (χ4n) is 2.89.